The fraction of sp³-hybridized carbons (Fsp3) is 0.750. The predicted octanol–water partition coefficient (Wildman–Crippen LogP) is 2.71. The molecule has 0 aromatic heterocycles. The quantitative estimate of drug-likeness (QED) is 0.604. The van der Waals surface area contributed by atoms with Gasteiger partial charge in [0.1, 0.15) is 5.78 Å². The molecule has 0 bridgehead atoms. The highest BCUT2D eigenvalue weighted by Crippen LogP contribution is 2.45. The van der Waals surface area contributed by atoms with Crippen LogP contribution in [0.25, 0.3) is 0 Å². The van der Waals surface area contributed by atoms with E-state index in [-0.39, 0.29) is 0 Å². The molecule has 1 nitrogen and oxygen atoms in total. The fourth-order valence-corrected chi connectivity index (χ4v) is 2.69. The molecule has 0 heterocycles. The second kappa shape index (κ2) is 2.70. The van der Waals surface area contributed by atoms with E-state index in [0.717, 1.165) is 18.3 Å². The molecular formula is C12H16O. The van der Waals surface area contributed by atoms with Crippen molar-refractivity contribution in [3.63, 3.8) is 0 Å². The summed E-state index contributed by atoms with van der Waals surface area (Å²) in [6.45, 7) is 0. The minimum absolute atomic E-state index is 0.356. The first kappa shape index (κ1) is 7.78. The van der Waals surface area contributed by atoms with E-state index in [1.165, 1.54) is 32.1 Å². The van der Waals surface area contributed by atoms with Crippen molar-refractivity contribution in [2.45, 2.75) is 38.5 Å². The average molecular weight is 176 g/mol. The maximum Gasteiger partial charge on any atom is 0.140 e. The molecule has 0 aromatic rings. The number of hydrogen-bond donors (Lipinski definition) is 0. The van der Waals surface area contributed by atoms with Crippen LogP contribution >= 0.6 is 0 Å². The molecule has 2 saturated carbocycles. The molecule has 3 aliphatic rings. The Morgan fingerprint density at radius 1 is 1.31 bits per heavy atom. The van der Waals surface area contributed by atoms with Gasteiger partial charge in [0.05, 0.1) is 0 Å². The molecule has 3 aliphatic carbocycles. The minimum atomic E-state index is 0.356. The molecule has 2 fully saturated rings. The van der Waals surface area contributed by atoms with Gasteiger partial charge in [0.25, 0.3) is 0 Å². The summed E-state index contributed by atoms with van der Waals surface area (Å²) in [5.74, 6) is 2.61. The van der Waals surface area contributed by atoms with Crippen molar-refractivity contribution in [2.75, 3.05) is 0 Å². The fourth-order valence-electron chi connectivity index (χ4n) is 2.69. The van der Waals surface area contributed by atoms with Crippen LogP contribution in [-0.2, 0) is 4.79 Å². The van der Waals surface area contributed by atoms with Gasteiger partial charge < -0.3 is 0 Å². The zero-order valence-electron chi connectivity index (χ0n) is 7.96. The topological polar surface area (TPSA) is 17.1 Å². The molecule has 0 N–H and O–H groups in total. The highest BCUT2D eigenvalue weighted by molar-refractivity contribution is 5.90. The smallest absolute Gasteiger partial charge is 0.140 e. The number of hydrogen-bond acceptors (Lipinski definition) is 1. The van der Waals surface area contributed by atoms with Crippen LogP contribution in [0.15, 0.2) is 11.6 Å². The first-order valence-electron chi connectivity index (χ1n) is 5.55. The van der Waals surface area contributed by atoms with Crippen LogP contribution in [0.2, 0.25) is 0 Å². The summed E-state index contributed by atoms with van der Waals surface area (Å²) in [4.78, 5) is 11.2. The summed E-state index contributed by atoms with van der Waals surface area (Å²) in [5, 5.41) is 0. The predicted molar refractivity (Wildman–Crippen MR) is 51.3 cm³/mol. The molecule has 13 heavy (non-hydrogen) atoms. The molecule has 0 unspecified atom stereocenters. The van der Waals surface area contributed by atoms with E-state index in [1.54, 1.807) is 5.57 Å². The largest absolute Gasteiger partial charge is 0.299 e. The van der Waals surface area contributed by atoms with Gasteiger partial charge in [-0.3, -0.25) is 4.79 Å². The zero-order valence-corrected chi connectivity index (χ0v) is 7.96. The maximum absolute atomic E-state index is 11.2. The number of rotatable bonds is 3. The van der Waals surface area contributed by atoms with E-state index in [2.05, 4.69) is 6.08 Å². The molecule has 0 aliphatic heterocycles. The third-order valence-corrected chi connectivity index (χ3v) is 3.85. The second-order valence-corrected chi connectivity index (χ2v) is 4.97. The van der Waals surface area contributed by atoms with Crippen LogP contribution < -0.4 is 0 Å². The second-order valence-electron chi connectivity index (χ2n) is 4.97. The molecule has 0 radical (unpaired) electrons. The first-order chi connectivity index (χ1) is 6.33. The molecular weight excluding hydrogens is 160 g/mol. The highest BCUT2D eigenvalue weighted by atomic mass is 16.1. The van der Waals surface area contributed by atoms with Crippen LogP contribution in [-0.4, -0.2) is 5.78 Å². The lowest BCUT2D eigenvalue weighted by Crippen LogP contribution is -2.32. The van der Waals surface area contributed by atoms with Crippen LogP contribution in [0.3, 0.4) is 0 Å². The number of allylic oxidation sites excluding steroid dienone is 2. The molecule has 3 rings (SSSR count). The molecule has 0 aromatic carbocycles. The normalized spacial score (nSPS) is 36.9. The lowest BCUT2D eigenvalue weighted by molar-refractivity contribution is -0.130. The number of ketones is 1. The van der Waals surface area contributed by atoms with E-state index >= 15 is 0 Å². The third kappa shape index (κ3) is 1.34. The van der Waals surface area contributed by atoms with Crippen LogP contribution in [0, 0.1) is 17.8 Å². The van der Waals surface area contributed by atoms with E-state index in [4.69, 9.17) is 0 Å². The van der Waals surface area contributed by atoms with Gasteiger partial charge in [-0.1, -0.05) is 24.5 Å². The van der Waals surface area contributed by atoms with E-state index < -0.39 is 0 Å². The van der Waals surface area contributed by atoms with Crippen LogP contribution in [0.5, 0.6) is 0 Å². The SMILES string of the molecule is O=C1C[C@H]2CC(CCC3CC3)=C[C@@H]12. The summed E-state index contributed by atoms with van der Waals surface area (Å²) < 4.78 is 0. The van der Waals surface area contributed by atoms with Crippen molar-refractivity contribution < 1.29 is 4.79 Å². The lowest BCUT2D eigenvalue weighted by Gasteiger charge is -2.27. The number of fused-ring (bicyclic) bond motifs is 1. The number of carbonyl (C=O) groups is 1. The van der Waals surface area contributed by atoms with E-state index in [9.17, 15) is 4.79 Å². The number of carbonyl (C=O) groups excluding carboxylic acids is 1. The first-order valence-corrected chi connectivity index (χ1v) is 5.55. The summed E-state index contributed by atoms with van der Waals surface area (Å²) in [6.07, 6.45) is 9.97. The van der Waals surface area contributed by atoms with Crippen molar-refractivity contribution in [1.29, 1.82) is 0 Å². The molecule has 2 atom stereocenters. The Balaban J connectivity index is 1.56. The van der Waals surface area contributed by atoms with Gasteiger partial charge in [0.15, 0.2) is 0 Å². The Morgan fingerprint density at radius 2 is 2.15 bits per heavy atom. The zero-order chi connectivity index (χ0) is 8.84. The summed E-state index contributed by atoms with van der Waals surface area (Å²) in [7, 11) is 0. The van der Waals surface area contributed by atoms with Gasteiger partial charge in [0.2, 0.25) is 0 Å². The van der Waals surface area contributed by atoms with Gasteiger partial charge in [0, 0.05) is 12.3 Å². The van der Waals surface area contributed by atoms with Gasteiger partial charge in [-0.2, -0.15) is 0 Å². The average Bonchev–Trinajstić information content (AvgIpc) is 2.87. The summed E-state index contributed by atoms with van der Waals surface area (Å²) >= 11 is 0. The Labute approximate surface area is 79.2 Å². The van der Waals surface area contributed by atoms with Crippen molar-refractivity contribution in [3.05, 3.63) is 11.6 Å². The van der Waals surface area contributed by atoms with Crippen molar-refractivity contribution in [2.24, 2.45) is 17.8 Å². The molecule has 0 spiro atoms. The molecule has 0 saturated heterocycles. The molecule has 1 heteroatoms. The highest BCUT2D eigenvalue weighted by Gasteiger charge is 2.42. The van der Waals surface area contributed by atoms with Gasteiger partial charge >= 0.3 is 0 Å². The molecule has 70 valence electrons. The van der Waals surface area contributed by atoms with Crippen molar-refractivity contribution in [3.8, 4) is 0 Å². The number of Topliss-reactive ketones (excluding diaryl/α,β-unsaturated/α-hetero) is 1. The third-order valence-electron chi connectivity index (χ3n) is 3.85. The summed E-state index contributed by atoms with van der Waals surface area (Å²) in [5.41, 5.74) is 1.59. The Kier molecular flexibility index (Phi) is 1.61. The van der Waals surface area contributed by atoms with Gasteiger partial charge in [-0.25, -0.2) is 0 Å². The monoisotopic (exact) mass is 176 g/mol. The Hall–Kier alpha value is -0.590. The summed E-state index contributed by atoms with van der Waals surface area (Å²) in [6, 6.07) is 0. The lowest BCUT2D eigenvalue weighted by atomic mass is 9.75. The van der Waals surface area contributed by atoms with Crippen molar-refractivity contribution >= 4 is 5.78 Å². The molecule has 0 amide bonds. The Bertz CT molecular complexity index is 273. The maximum atomic E-state index is 11.2. The standard InChI is InChI=1S/C12H16O/c13-12-7-10-5-9(6-11(10)12)4-3-8-1-2-8/h6,8,10-11H,1-5,7H2/t10-,11-/m1/s1. The van der Waals surface area contributed by atoms with Gasteiger partial charge in [-0.05, 0) is 31.1 Å². The minimum Gasteiger partial charge on any atom is -0.299 e. The van der Waals surface area contributed by atoms with Crippen molar-refractivity contribution in [1.82, 2.24) is 0 Å². The van der Waals surface area contributed by atoms with E-state index in [0.29, 0.717) is 11.7 Å². The Morgan fingerprint density at radius 3 is 2.77 bits per heavy atom. The van der Waals surface area contributed by atoms with Gasteiger partial charge in [-0.15, -0.1) is 0 Å². The van der Waals surface area contributed by atoms with Crippen LogP contribution in [0.4, 0.5) is 0 Å². The van der Waals surface area contributed by atoms with Crippen LogP contribution in [0.1, 0.15) is 38.5 Å². The van der Waals surface area contributed by atoms with E-state index in [1.807, 2.05) is 0 Å².